The van der Waals surface area contributed by atoms with E-state index in [1.807, 2.05) is 25.1 Å². The largest absolute Gasteiger partial charge is 0.490 e. The van der Waals surface area contributed by atoms with E-state index in [0.29, 0.717) is 42.2 Å². The van der Waals surface area contributed by atoms with Crippen LogP contribution in [0.2, 0.25) is 5.02 Å². The summed E-state index contributed by atoms with van der Waals surface area (Å²) in [5.74, 6) is 1.91. The summed E-state index contributed by atoms with van der Waals surface area (Å²) in [5, 5.41) is 15.7. The zero-order valence-corrected chi connectivity index (χ0v) is 18.4. The summed E-state index contributed by atoms with van der Waals surface area (Å²) in [6.07, 6.45) is 2.09. The van der Waals surface area contributed by atoms with Crippen LogP contribution in [0.3, 0.4) is 0 Å². The van der Waals surface area contributed by atoms with Gasteiger partial charge in [0.15, 0.2) is 11.5 Å². The molecule has 30 heavy (non-hydrogen) atoms. The lowest BCUT2D eigenvalue weighted by molar-refractivity contribution is 0.269. The van der Waals surface area contributed by atoms with E-state index < -0.39 is 0 Å². The summed E-state index contributed by atoms with van der Waals surface area (Å²) in [6, 6.07) is 11.9. The van der Waals surface area contributed by atoms with Crippen molar-refractivity contribution in [2.24, 2.45) is 0 Å². The van der Waals surface area contributed by atoms with Crippen LogP contribution in [0.4, 0.5) is 5.95 Å². The Labute approximate surface area is 182 Å². The van der Waals surface area contributed by atoms with Gasteiger partial charge in [0.1, 0.15) is 6.61 Å². The first-order chi connectivity index (χ1) is 14.6. The number of aromatic nitrogens is 4. The van der Waals surface area contributed by atoms with Crippen LogP contribution in [0.25, 0.3) is 0 Å². The van der Waals surface area contributed by atoms with Gasteiger partial charge in [-0.05, 0) is 47.9 Å². The molecule has 0 aliphatic carbocycles. The standard InChI is InChI=1S/C22H28ClN5O2/c1-4-6-10-28-22(25-26-27-28)24-14-18-12-20(29-5-2)21(13-19(18)23)30-15-17-9-7-8-16(3)11-17/h7-9,11-13H,4-6,10,14-15H2,1-3H3,(H,24,25,27). The molecule has 8 heteroatoms. The maximum atomic E-state index is 6.54. The molecule has 0 amide bonds. The molecule has 1 aromatic heterocycles. The summed E-state index contributed by atoms with van der Waals surface area (Å²) < 4.78 is 13.6. The summed E-state index contributed by atoms with van der Waals surface area (Å²) in [5.41, 5.74) is 3.17. The predicted molar refractivity (Wildman–Crippen MR) is 118 cm³/mol. The second kappa shape index (κ2) is 10.8. The minimum Gasteiger partial charge on any atom is -0.490 e. The second-order valence-electron chi connectivity index (χ2n) is 7.03. The Bertz CT molecular complexity index is 960. The van der Waals surface area contributed by atoms with E-state index in [0.717, 1.165) is 30.5 Å². The fourth-order valence-corrected chi connectivity index (χ4v) is 3.24. The van der Waals surface area contributed by atoms with Crippen molar-refractivity contribution < 1.29 is 9.47 Å². The fraction of sp³-hybridized carbons (Fsp3) is 0.409. The molecule has 0 radical (unpaired) electrons. The van der Waals surface area contributed by atoms with Crippen molar-refractivity contribution >= 4 is 17.5 Å². The molecule has 0 unspecified atom stereocenters. The molecule has 0 atom stereocenters. The van der Waals surface area contributed by atoms with Gasteiger partial charge in [-0.3, -0.25) is 0 Å². The number of hydrogen-bond donors (Lipinski definition) is 1. The Balaban J connectivity index is 1.71. The zero-order chi connectivity index (χ0) is 21.3. The number of nitrogens with one attached hydrogen (secondary N) is 1. The lowest BCUT2D eigenvalue weighted by Gasteiger charge is -2.15. The van der Waals surface area contributed by atoms with Crippen LogP contribution >= 0.6 is 11.6 Å². The number of halogens is 1. The molecule has 0 spiro atoms. The molecular weight excluding hydrogens is 402 g/mol. The molecular formula is C22H28ClN5O2. The molecule has 3 aromatic rings. The van der Waals surface area contributed by atoms with Gasteiger partial charge >= 0.3 is 0 Å². The van der Waals surface area contributed by atoms with Gasteiger partial charge in [-0.2, -0.15) is 0 Å². The topological polar surface area (TPSA) is 74.1 Å². The lowest BCUT2D eigenvalue weighted by Crippen LogP contribution is -2.10. The number of tetrazole rings is 1. The van der Waals surface area contributed by atoms with Crippen molar-refractivity contribution in [3.63, 3.8) is 0 Å². The van der Waals surface area contributed by atoms with Gasteiger partial charge in [-0.1, -0.05) is 59.9 Å². The molecule has 2 aromatic carbocycles. The van der Waals surface area contributed by atoms with E-state index in [9.17, 15) is 0 Å². The minimum absolute atomic E-state index is 0.446. The summed E-state index contributed by atoms with van der Waals surface area (Å²) >= 11 is 6.54. The van der Waals surface area contributed by atoms with E-state index >= 15 is 0 Å². The number of ether oxygens (including phenoxy) is 2. The smallest absolute Gasteiger partial charge is 0.243 e. The Hall–Kier alpha value is -2.80. The zero-order valence-electron chi connectivity index (χ0n) is 17.7. The minimum atomic E-state index is 0.446. The van der Waals surface area contributed by atoms with Gasteiger partial charge in [-0.25, -0.2) is 4.68 Å². The average Bonchev–Trinajstić information content (AvgIpc) is 3.18. The maximum Gasteiger partial charge on any atom is 0.243 e. The van der Waals surface area contributed by atoms with Crippen molar-refractivity contribution in [1.29, 1.82) is 0 Å². The van der Waals surface area contributed by atoms with E-state index in [2.05, 4.69) is 46.8 Å². The fourth-order valence-electron chi connectivity index (χ4n) is 3.02. The molecule has 1 N–H and O–H groups in total. The van der Waals surface area contributed by atoms with Crippen LogP contribution in [0, 0.1) is 6.92 Å². The van der Waals surface area contributed by atoms with E-state index in [-0.39, 0.29) is 0 Å². The molecule has 160 valence electrons. The highest BCUT2D eigenvalue weighted by Gasteiger charge is 2.13. The molecule has 0 saturated heterocycles. The maximum absolute atomic E-state index is 6.54. The van der Waals surface area contributed by atoms with Gasteiger partial charge < -0.3 is 14.8 Å². The van der Waals surface area contributed by atoms with E-state index in [1.165, 1.54) is 5.56 Å². The highest BCUT2D eigenvalue weighted by Crippen LogP contribution is 2.34. The average molecular weight is 430 g/mol. The number of rotatable bonds is 11. The van der Waals surface area contributed by atoms with Crippen LogP contribution in [0.1, 0.15) is 43.4 Å². The third kappa shape index (κ3) is 5.86. The first kappa shape index (κ1) is 21.9. The monoisotopic (exact) mass is 429 g/mol. The van der Waals surface area contributed by atoms with Crippen molar-refractivity contribution in [3.05, 3.63) is 58.1 Å². The third-order valence-corrected chi connectivity index (χ3v) is 4.93. The second-order valence-corrected chi connectivity index (χ2v) is 7.44. The van der Waals surface area contributed by atoms with E-state index in [1.54, 1.807) is 10.7 Å². The van der Waals surface area contributed by atoms with Crippen molar-refractivity contribution in [1.82, 2.24) is 20.2 Å². The van der Waals surface area contributed by atoms with Crippen molar-refractivity contribution in [2.45, 2.75) is 53.3 Å². The van der Waals surface area contributed by atoms with Crippen LogP contribution in [-0.4, -0.2) is 26.8 Å². The number of aryl methyl sites for hydroxylation is 2. The Morgan fingerprint density at radius 2 is 1.93 bits per heavy atom. The highest BCUT2D eigenvalue weighted by atomic mass is 35.5. The summed E-state index contributed by atoms with van der Waals surface area (Å²) in [7, 11) is 0. The highest BCUT2D eigenvalue weighted by molar-refractivity contribution is 6.31. The first-order valence-electron chi connectivity index (χ1n) is 10.2. The van der Waals surface area contributed by atoms with E-state index in [4.69, 9.17) is 21.1 Å². The number of hydrogen-bond acceptors (Lipinski definition) is 6. The quantitative estimate of drug-likeness (QED) is 0.461. The van der Waals surface area contributed by atoms with Crippen LogP contribution in [-0.2, 0) is 19.7 Å². The van der Waals surface area contributed by atoms with Crippen LogP contribution < -0.4 is 14.8 Å². The molecule has 0 saturated carbocycles. The van der Waals surface area contributed by atoms with Gasteiger partial charge in [0.2, 0.25) is 5.95 Å². The summed E-state index contributed by atoms with van der Waals surface area (Å²) in [4.78, 5) is 0. The lowest BCUT2D eigenvalue weighted by atomic mass is 10.1. The normalized spacial score (nSPS) is 10.8. The van der Waals surface area contributed by atoms with Crippen LogP contribution in [0.5, 0.6) is 11.5 Å². The Morgan fingerprint density at radius 1 is 1.10 bits per heavy atom. The first-order valence-corrected chi connectivity index (χ1v) is 10.6. The van der Waals surface area contributed by atoms with Gasteiger partial charge in [0.25, 0.3) is 0 Å². The molecule has 0 aliphatic rings. The van der Waals surface area contributed by atoms with Crippen molar-refractivity contribution in [2.75, 3.05) is 11.9 Å². The molecule has 0 bridgehead atoms. The van der Waals surface area contributed by atoms with Gasteiger partial charge in [0, 0.05) is 24.2 Å². The number of benzene rings is 2. The molecule has 1 heterocycles. The molecule has 0 fully saturated rings. The van der Waals surface area contributed by atoms with Crippen molar-refractivity contribution in [3.8, 4) is 11.5 Å². The number of anilines is 1. The third-order valence-electron chi connectivity index (χ3n) is 4.58. The van der Waals surface area contributed by atoms with Gasteiger partial charge in [0.05, 0.1) is 6.61 Å². The Morgan fingerprint density at radius 3 is 2.70 bits per heavy atom. The number of unbranched alkanes of at least 4 members (excludes halogenated alkanes) is 1. The SMILES string of the molecule is CCCCn1nnnc1NCc1cc(OCC)c(OCc2cccc(C)c2)cc1Cl. The molecule has 0 aliphatic heterocycles. The predicted octanol–water partition coefficient (Wildman–Crippen LogP) is 5.02. The Kier molecular flexibility index (Phi) is 7.90. The molecule has 3 rings (SSSR count). The number of nitrogens with zero attached hydrogens (tertiary/aromatic N) is 4. The van der Waals surface area contributed by atoms with Crippen LogP contribution in [0.15, 0.2) is 36.4 Å². The molecule has 7 nitrogen and oxygen atoms in total. The van der Waals surface area contributed by atoms with Gasteiger partial charge in [-0.15, -0.1) is 0 Å². The summed E-state index contributed by atoms with van der Waals surface area (Å²) in [6.45, 7) is 8.37.